The number of allylic oxidation sites excluding steroid dienone is 1. The third-order valence-electron chi connectivity index (χ3n) is 4.99. The molecule has 0 bridgehead atoms. The average Bonchev–Trinajstić information content (AvgIpc) is 2.76. The van der Waals surface area contributed by atoms with Gasteiger partial charge in [-0.05, 0) is 46.2 Å². The third kappa shape index (κ3) is 3.35. The quantitative estimate of drug-likeness (QED) is 0.773. The van der Waals surface area contributed by atoms with E-state index < -0.39 is 6.09 Å². The first-order valence-electron chi connectivity index (χ1n) is 8.34. The van der Waals surface area contributed by atoms with Gasteiger partial charge in [-0.3, -0.25) is 4.90 Å². The van der Waals surface area contributed by atoms with Crippen molar-refractivity contribution in [1.29, 1.82) is 0 Å². The number of ether oxygens (including phenoxy) is 1. The van der Waals surface area contributed by atoms with Crippen molar-refractivity contribution in [3.8, 4) is 5.75 Å². The van der Waals surface area contributed by atoms with Crippen LogP contribution < -0.4 is 4.74 Å². The topological polar surface area (TPSA) is 48.0 Å². The summed E-state index contributed by atoms with van der Waals surface area (Å²) in [6.45, 7) is 8.65. The summed E-state index contributed by atoms with van der Waals surface area (Å²) in [5.41, 5.74) is -0.734. The lowest BCUT2D eigenvalue weighted by atomic mass is 9.69. The van der Waals surface area contributed by atoms with Crippen LogP contribution in [0.5, 0.6) is 5.75 Å². The highest BCUT2D eigenvalue weighted by Crippen LogP contribution is 2.41. The van der Waals surface area contributed by atoms with Crippen LogP contribution in [0.2, 0.25) is 5.82 Å². The van der Waals surface area contributed by atoms with Crippen molar-refractivity contribution in [2.24, 2.45) is 0 Å². The number of nitrogens with zero attached hydrogens (tertiary/aromatic N) is 1. The van der Waals surface area contributed by atoms with Gasteiger partial charge in [0.1, 0.15) is 5.75 Å². The van der Waals surface area contributed by atoms with Crippen LogP contribution in [-0.4, -0.2) is 35.9 Å². The maximum Gasteiger partial charge on any atom is 0.463 e. The number of rotatable bonds is 2. The van der Waals surface area contributed by atoms with E-state index in [-0.39, 0.29) is 24.1 Å². The summed E-state index contributed by atoms with van der Waals surface area (Å²) in [5.74, 6) is 0.619. The lowest BCUT2D eigenvalue weighted by Crippen LogP contribution is -2.41. The van der Waals surface area contributed by atoms with E-state index in [4.69, 9.17) is 14.0 Å². The SMILES string of the molecule is CC1(C)OB([C@@H]2CC=CN(C(=O)Oc3ccccc3)C2)OC1(C)C. The number of carbonyl (C=O) groups excluding carboxylic acids is 1. The van der Waals surface area contributed by atoms with Crippen molar-refractivity contribution in [3.05, 3.63) is 42.6 Å². The fourth-order valence-electron chi connectivity index (χ4n) is 2.81. The van der Waals surface area contributed by atoms with Crippen LogP contribution in [0.4, 0.5) is 4.79 Å². The molecule has 2 heterocycles. The Kier molecular flexibility index (Phi) is 4.45. The van der Waals surface area contributed by atoms with E-state index in [2.05, 4.69) is 0 Å². The summed E-state index contributed by atoms with van der Waals surface area (Å²) in [4.78, 5) is 13.9. The van der Waals surface area contributed by atoms with Gasteiger partial charge in [-0.25, -0.2) is 4.79 Å². The van der Waals surface area contributed by atoms with Gasteiger partial charge < -0.3 is 14.0 Å². The van der Waals surface area contributed by atoms with Gasteiger partial charge in [0, 0.05) is 18.6 Å². The zero-order chi connectivity index (χ0) is 17.4. The fourth-order valence-corrected chi connectivity index (χ4v) is 2.81. The second kappa shape index (κ2) is 6.26. The summed E-state index contributed by atoms with van der Waals surface area (Å²) in [7, 11) is -0.327. The van der Waals surface area contributed by atoms with Gasteiger partial charge >= 0.3 is 13.2 Å². The van der Waals surface area contributed by atoms with Gasteiger partial charge in [-0.2, -0.15) is 0 Å². The van der Waals surface area contributed by atoms with Crippen LogP contribution >= 0.6 is 0 Å². The van der Waals surface area contributed by atoms with E-state index in [1.807, 2.05) is 52.0 Å². The second-order valence-corrected chi connectivity index (χ2v) is 7.34. The van der Waals surface area contributed by atoms with Crippen LogP contribution in [-0.2, 0) is 9.31 Å². The summed E-state index contributed by atoms with van der Waals surface area (Å²) in [6.07, 6.45) is 4.16. The van der Waals surface area contributed by atoms with Crippen LogP contribution in [0.15, 0.2) is 42.6 Å². The molecule has 1 amide bonds. The molecule has 0 saturated carbocycles. The van der Waals surface area contributed by atoms with Crippen molar-refractivity contribution in [2.75, 3.05) is 6.54 Å². The molecule has 128 valence electrons. The monoisotopic (exact) mass is 329 g/mol. The Balaban J connectivity index is 1.64. The molecule has 3 rings (SSSR count). The summed E-state index contributed by atoms with van der Waals surface area (Å²) in [5, 5.41) is 0. The minimum atomic E-state index is -0.390. The van der Waals surface area contributed by atoms with E-state index in [9.17, 15) is 4.79 Å². The van der Waals surface area contributed by atoms with E-state index in [1.165, 1.54) is 0 Å². The molecule has 0 N–H and O–H groups in total. The molecule has 1 fully saturated rings. The van der Waals surface area contributed by atoms with E-state index in [1.54, 1.807) is 23.2 Å². The van der Waals surface area contributed by atoms with Gasteiger partial charge in [0.05, 0.1) is 11.2 Å². The second-order valence-electron chi connectivity index (χ2n) is 7.34. The summed E-state index contributed by atoms with van der Waals surface area (Å²) < 4.78 is 17.6. The largest absolute Gasteiger partial charge is 0.463 e. The Morgan fingerprint density at radius 1 is 1.17 bits per heavy atom. The zero-order valence-electron chi connectivity index (χ0n) is 14.7. The maximum atomic E-state index is 12.4. The number of para-hydroxylation sites is 1. The minimum absolute atomic E-state index is 0.0828. The van der Waals surface area contributed by atoms with Gasteiger partial charge in [-0.15, -0.1) is 0 Å². The highest BCUT2D eigenvalue weighted by Gasteiger charge is 2.54. The molecule has 1 aromatic carbocycles. The first-order chi connectivity index (χ1) is 11.3. The van der Waals surface area contributed by atoms with Gasteiger partial charge in [0.15, 0.2) is 0 Å². The summed E-state index contributed by atoms with van der Waals surface area (Å²) >= 11 is 0. The first-order valence-corrected chi connectivity index (χ1v) is 8.34. The van der Waals surface area contributed by atoms with Crippen molar-refractivity contribution in [3.63, 3.8) is 0 Å². The molecule has 24 heavy (non-hydrogen) atoms. The predicted molar refractivity (Wildman–Crippen MR) is 92.8 cm³/mol. The van der Waals surface area contributed by atoms with Crippen LogP contribution in [0, 0.1) is 0 Å². The Morgan fingerprint density at radius 2 is 1.79 bits per heavy atom. The Morgan fingerprint density at radius 3 is 2.42 bits per heavy atom. The molecule has 1 aromatic rings. The number of hydrogen-bond donors (Lipinski definition) is 0. The molecule has 0 radical (unpaired) electrons. The zero-order valence-corrected chi connectivity index (χ0v) is 14.7. The molecular formula is C18H24BNO4. The van der Waals surface area contributed by atoms with E-state index >= 15 is 0 Å². The van der Waals surface area contributed by atoms with Crippen LogP contribution in [0.25, 0.3) is 0 Å². The molecule has 2 aliphatic heterocycles. The Labute approximate surface area is 143 Å². The lowest BCUT2D eigenvalue weighted by molar-refractivity contribution is 0.00578. The fraction of sp³-hybridized carbons (Fsp3) is 0.500. The number of amides is 1. The predicted octanol–water partition coefficient (Wildman–Crippen LogP) is 3.87. The minimum Gasteiger partial charge on any atom is -0.410 e. The molecule has 0 unspecified atom stereocenters. The molecule has 0 aromatic heterocycles. The highest BCUT2D eigenvalue weighted by molar-refractivity contribution is 6.47. The Bertz CT molecular complexity index is 613. The third-order valence-corrected chi connectivity index (χ3v) is 4.99. The molecular weight excluding hydrogens is 305 g/mol. The van der Waals surface area contributed by atoms with Gasteiger partial charge in [0.25, 0.3) is 0 Å². The Hall–Kier alpha value is -1.79. The van der Waals surface area contributed by atoms with E-state index in [0.29, 0.717) is 12.3 Å². The lowest BCUT2D eigenvalue weighted by Gasteiger charge is -2.32. The van der Waals surface area contributed by atoms with Crippen LogP contribution in [0.3, 0.4) is 0 Å². The molecule has 0 spiro atoms. The van der Waals surface area contributed by atoms with E-state index in [0.717, 1.165) is 6.42 Å². The smallest absolute Gasteiger partial charge is 0.410 e. The molecule has 0 aliphatic carbocycles. The highest BCUT2D eigenvalue weighted by atomic mass is 16.7. The maximum absolute atomic E-state index is 12.4. The number of benzene rings is 1. The van der Waals surface area contributed by atoms with Gasteiger partial charge in [0.2, 0.25) is 0 Å². The summed E-state index contributed by atoms with van der Waals surface area (Å²) in [6, 6.07) is 9.07. The molecule has 1 atom stereocenters. The normalized spacial score (nSPS) is 24.9. The molecule has 2 aliphatic rings. The standard InChI is InChI=1S/C18H24BNO4/c1-17(2)18(3,4)24-19(23-17)14-9-8-12-20(13-14)16(21)22-15-10-6-5-7-11-15/h5-8,10-12,14H,9,13H2,1-4H3/t14-/m1/s1. The number of hydrogen-bond acceptors (Lipinski definition) is 4. The molecule has 6 heteroatoms. The van der Waals surface area contributed by atoms with Crippen molar-refractivity contribution < 1.29 is 18.8 Å². The van der Waals surface area contributed by atoms with Gasteiger partial charge in [-0.1, -0.05) is 24.3 Å². The average molecular weight is 329 g/mol. The van der Waals surface area contributed by atoms with Crippen molar-refractivity contribution >= 4 is 13.2 Å². The molecule has 5 nitrogen and oxygen atoms in total. The molecule has 1 saturated heterocycles. The number of carbonyl (C=O) groups is 1. The van der Waals surface area contributed by atoms with Crippen molar-refractivity contribution in [2.45, 2.75) is 51.1 Å². The van der Waals surface area contributed by atoms with Crippen LogP contribution in [0.1, 0.15) is 34.1 Å². The first kappa shape index (κ1) is 17.1. The van der Waals surface area contributed by atoms with Crippen molar-refractivity contribution in [1.82, 2.24) is 4.90 Å².